The van der Waals surface area contributed by atoms with Gasteiger partial charge in [0, 0.05) is 37.8 Å². The number of hydrogen-bond donors (Lipinski definition) is 1. The Bertz CT molecular complexity index is 890. The van der Waals surface area contributed by atoms with E-state index in [1.54, 1.807) is 6.20 Å². The van der Waals surface area contributed by atoms with E-state index < -0.39 is 0 Å². The van der Waals surface area contributed by atoms with Crippen molar-refractivity contribution >= 4 is 11.8 Å². The Morgan fingerprint density at radius 2 is 1.76 bits per heavy atom. The number of ether oxygens (including phenoxy) is 2. The van der Waals surface area contributed by atoms with Crippen molar-refractivity contribution < 1.29 is 19.1 Å². The molecule has 2 fully saturated rings. The van der Waals surface area contributed by atoms with Crippen LogP contribution in [0.4, 0.5) is 0 Å². The van der Waals surface area contributed by atoms with Crippen LogP contribution in [0.5, 0.6) is 11.6 Å². The Morgan fingerprint density at radius 1 is 1.00 bits per heavy atom. The van der Waals surface area contributed by atoms with E-state index in [1.807, 2.05) is 47.4 Å². The average Bonchev–Trinajstić information content (AvgIpc) is 3.37. The number of pyridine rings is 1. The van der Waals surface area contributed by atoms with E-state index in [4.69, 9.17) is 9.47 Å². The van der Waals surface area contributed by atoms with Crippen LogP contribution >= 0.6 is 0 Å². The first kappa shape index (κ1) is 23.1. The van der Waals surface area contributed by atoms with Crippen LogP contribution in [0.2, 0.25) is 0 Å². The minimum atomic E-state index is -0.0625. The van der Waals surface area contributed by atoms with Crippen molar-refractivity contribution in [3.63, 3.8) is 0 Å². The molecule has 4 rings (SSSR count). The number of rotatable bonds is 9. The monoisotopic (exact) mass is 451 g/mol. The van der Waals surface area contributed by atoms with E-state index >= 15 is 0 Å². The molecule has 0 unspecified atom stereocenters. The number of hydrogen-bond acceptors (Lipinski definition) is 5. The summed E-state index contributed by atoms with van der Waals surface area (Å²) in [5, 5.41) is 3.01. The lowest BCUT2D eigenvalue weighted by atomic mass is 9.95. The number of benzene rings is 1. The van der Waals surface area contributed by atoms with Gasteiger partial charge >= 0.3 is 0 Å². The first-order valence-corrected chi connectivity index (χ1v) is 12.0. The maximum absolute atomic E-state index is 12.6. The smallest absolute Gasteiger partial charge is 0.225 e. The van der Waals surface area contributed by atoms with Gasteiger partial charge in [0.1, 0.15) is 11.9 Å². The average molecular weight is 452 g/mol. The SMILES string of the molecule is O=C(NCc1ccc(OC2CCCC2)nc1)C1CCN(C(=O)CCOc2ccccc2)CC1. The van der Waals surface area contributed by atoms with Gasteiger partial charge in [0.2, 0.25) is 17.7 Å². The number of amides is 2. The summed E-state index contributed by atoms with van der Waals surface area (Å²) in [6.07, 6.45) is 8.43. The summed E-state index contributed by atoms with van der Waals surface area (Å²) in [5.41, 5.74) is 0.952. The molecule has 0 atom stereocenters. The third-order valence-corrected chi connectivity index (χ3v) is 6.40. The molecule has 2 heterocycles. The number of likely N-dealkylation sites (tertiary alicyclic amines) is 1. The normalized spacial score (nSPS) is 17.0. The molecule has 1 saturated heterocycles. The first-order chi connectivity index (χ1) is 16.2. The largest absolute Gasteiger partial charge is 0.493 e. The molecule has 1 aliphatic heterocycles. The first-order valence-electron chi connectivity index (χ1n) is 12.0. The zero-order chi connectivity index (χ0) is 22.9. The number of carbonyl (C=O) groups excluding carboxylic acids is 2. The minimum absolute atomic E-state index is 0.0424. The number of carbonyl (C=O) groups is 2. The third-order valence-electron chi connectivity index (χ3n) is 6.40. The van der Waals surface area contributed by atoms with Crippen molar-refractivity contribution in [2.24, 2.45) is 5.92 Å². The summed E-state index contributed by atoms with van der Waals surface area (Å²) in [6.45, 7) is 2.03. The summed E-state index contributed by atoms with van der Waals surface area (Å²) in [6, 6.07) is 13.3. The quantitative estimate of drug-likeness (QED) is 0.628. The predicted molar refractivity (Wildman–Crippen MR) is 125 cm³/mol. The number of nitrogens with one attached hydrogen (secondary N) is 1. The lowest BCUT2D eigenvalue weighted by molar-refractivity contribution is -0.136. The van der Waals surface area contributed by atoms with Gasteiger partial charge in [0.15, 0.2) is 0 Å². The van der Waals surface area contributed by atoms with Crippen LogP contribution in [0.25, 0.3) is 0 Å². The van der Waals surface area contributed by atoms with Crippen LogP contribution in [-0.4, -0.2) is 47.5 Å². The highest BCUT2D eigenvalue weighted by atomic mass is 16.5. The number of piperidine rings is 1. The molecule has 1 aliphatic carbocycles. The van der Waals surface area contributed by atoms with Crippen LogP contribution in [0.15, 0.2) is 48.7 Å². The molecule has 1 aromatic heterocycles. The van der Waals surface area contributed by atoms with E-state index in [1.165, 1.54) is 12.8 Å². The van der Waals surface area contributed by atoms with Crippen LogP contribution in [0, 0.1) is 5.92 Å². The molecule has 1 N–H and O–H groups in total. The zero-order valence-corrected chi connectivity index (χ0v) is 19.1. The molecular weight excluding hydrogens is 418 g/mol. The van der Waals surface area contributed by atoms with E-state index in [-0.39, 0.29) is 23.8 Å². The Kier molecular flexibility index (Phi) is 8.17. The van der Waals surface area contributed by atoms with Gasteiger partial charge in [0.25, 0.3) is 0 Å². The molecule has 2 aliphatic rings. The van der Waals surface area contributed by atoms with Crippen LogP contribution in [0.3, 0.4) is 0 Å². The van der Waals surface area contributed by atoms with Gasteiger partial charge in [-0.25, -0.2) is 4.98 Å². The van der Waals surface area contributed by atoms with Gasteiger partial charge in [-0.3, -0.25) is 9.59 Å². The van der Waals surface area contributed by atoms with Gasteiger partial charge in [-0.15, -0.1) is 0 Å². The predicted octanol–water partition coefficient (Wildman–Crippen LogP) is 3.73. The fourth-order valence-electron chi connectivity index (χ4n) is 4.42. The Balaban J connectivity index is 1.13. The molecular formula is C26H33N3O4. The summed E-state index contributed by atoms with van der Waals surface area (Å²) in [5.74, 6) is 1.49. The van der Waals surface area contributed by atoms with Crippen molar-refractivity contribution in [1.29, 1.82) is 0 Å². The molecule has 0 bridgehead atoms. The van der Waals surface area contributed by atoms with Crippen molar-refractivity contribution in [3.05, 3.63) is 54.2 Å². The number of para-hydroxylation sites is 1. The van der Waals surface area contributed by atoms with Crippen molar-refractivity contribution in [2.45, 2.75) is 57.6 Å². The molecule has 33 heavy (non-hydrogen) atoms. The van der Waals surface area contributed by atoms with Crippen LogP contribution in [-0.2, 0) is 16.1 Å². The summed E-state index contributed by atoms with van der Waals surface area (Å²) in [4.78, 5) is 31.3. The van der Waals surface area contributed by atoms with E-state index in [0.29, 0.717) is 51.4 Å². The lowest BCUT2D eigenvalue weighted by Gasteiger charge is -2.31. The third kappa shape index (κ3) is 6.94. The topological polar surface area (TPSA) is 80.8 Å². The fourth-order valence-corrected chi connectivity index (χ4v) is 4.42. The second-order valence-electron chi connectivity index (χ2n) is 8.81. The minimum Gasteiger partial charge on any atom is -0.493 e. The highest BCUT2D eigenvalue weighted by Crippen LogP contribution is 2.23. The standard InChI is InChI=1S/C26H33N3O4/c30-25(14-17-32-22-6-2-1-3-7-22)29-15-12-21(13-16-29)26(31)28-19-20-10-11-24(27-18-20)33-23-8-4-5-9-23/h1-3,6-7,10-11,18,21,23H,4-5,8-9,12-17,19H2,(H,28,31). The Hall–Kier alpha value is -3.09. The Labute approximate surface area is 195 Å². The lowest BCUT2D eigenvalue weighted by Crippen LogP contribution is -2.43. The van der Waals surface area contributed by atoms with Gasteiger partial charge in [-0.05, 0) is 56.2 Å². The van der Waals surface area contributed by atoms with Gasteiger partial charge in [-0.2, -0.15) is 0 Å². The molecule has 0 spiro atoms. The van der Waals surface area contributed by atoms with Crippen molar-refractivity contribution in [2.75, 3.05) is 19.7 Å². The van der Waals surface area contributed by atoms with Crippen molar-refractivity contribution in [1.82, 2.24) is 15.2 Å². The highest BCUT2D eigenvalue weighted by molar-refractivity contribution is 5.80. The second-order valence-corrected chi connectivity index (χ2v) is 8.81. The van der Waals surface area contributed by atoms with Crippen LogP contribution < -0.4 is 14.8 Å². The maximum Gasteiger partial charge on any atom is 0.225 e. The Morgan fingerprint density at radius 3 is 2.45 bits per heavy atom. The summed E-state index contributed by atoms with van der Waals surface area (Å²) in [7, 11) is 0. The summed E-state index contributed by atoms with van der Waals surface area (Å²) < 4.78 is 11.5. The molecule has 2 amide bonds. The molecule has 2 aromatic rings. The zero-order valence-electron chi connectivity index (χ0n) is 19.1. The molecule has 1 saturated carbocycles. The van der Waals surface area contributed by atoms with Gasteiger partial charge in [0.05, 0.1) is 13.0 Å². The van der Waals surface area contributed by atoms with E-state index in [0.717, 1.165) is 24.2 Å². The molecule has 176 valence electrons. The van der Waals surface area contributed by atoms with E-state index in [9.17, 15) is 9.59 Å². The molecule has 7 nitrogen and oxygen atoms in total. The fraction of sp³-hybridized carbons (Fsp3) is 0.500. The molecule has 1 aromatic carbocycles. The van der Waals surface area contributed by atoms with Crippen LogP contribution in [0.1, 0.15) is 50.5 Å². The molecule has 7 heteroatoms. The van der Waals surface area contributed by atoms with Gasteiger partial charge < -0.3 is 19.7 Å². The van der Waals surface area contributed by atoms with Gasteiger partial charge in [-0.1, -0.05) is 24.3 Å². The van der Waals surface area contributed by atoms with Crippen molar-refractivity contribution in [3.8, 4) is 11.6 Å². The maximum atomic E-state index is 12.6. The second kappa shape index (κ2) is 11.7. The van der Waals surface area contributed by atoms with E-state index in [2.05, 4.69) is 10.3 Å². The number of nitrogens with zero attached hydrogens (tertiary/aromatic N) is 2. The molecule has 0 radical (unpaired) electrons. The summed E-state index contributed by atoms with van der Waals surface area (Å²) >= 11 is 0. The highest BCUT2D eigenvalue weighted by Gasteiger charge is 2.27. The number of aromatic nitrogens is 1.